The van der Waals surface area contributed by atoms with E-state index < -0.39 is 10.7 Å². The molecule has 0 bridgehead atoms. The number of benzene rings is 2. The van der Waals surface area contributed by atoms with Crippen molar-refractivity contribution < 1.29 is 9.72 Å². The number of para-hydroxylation sites is 1. The normalized spacial score (nSPS) is 10.1. The Labute approximate surface area is 151 Å². The van der Waals surface area contributed by atoms with E-state index in [1.165, 1.54) is 18.2 Å². The predicted molar refractivity (Wildman–Crippen MR) is 97.5 cm³/mol. The van der Waals surface area contributed by atoms with Crippen molar-refractivity contribution in [3.63, 3.8) is 0 Å². The highest BCUT2D eigenvalue weighted by Crippen LogP contribution is 2.31. The van der Waals surface area contributed by atoms with Crippen LogP contribution in [0.15, 0.2) is 48.5 Å². The molecule has 0 amide bonds. The van der Waals surface area contributed by atoms with Crippen LogP contribution in [0.1, 0.15) is 20.8 Å². The number of nitrogen functional groups attached to an aromatic ring is 1. The van der Waals surface area contributed by atoms with Gasteiger partial charge in [-0.05, 0) is 24.3 Å². The Morgan fingerprint density at radius 2 is 2.04 bits per heavy atom. The SMILES string of the molecule is N#Cc1cccc(Nc2nc(N)c(C(=O)c3ccccc3[N+](=O)[O-])s2)c1. The Morgan fingerprint density at radius 3 is 2.77 bits per heavy atom. The Balaban J connectivity index is 1.92. The average Bonchev–Trinajstić information content (AvgIpc) is 3.01. The lowest BCUT2D eigenvalue weighted by Crippen LogP contribution is -2.06. The molecule has 128 valence electrons. The molecule has 9 heteroatoms. The van der Waals surface area contributed by atoms with Crippen LogP contribution in [0.4, 0.5) is 22.3 Å². The van der Waals surface area contributed by atoms with E-state index in [-0.39, 0.29) is 21.9 Å². The van der Waals surface area contributed by atoms with Gasteiger partial charge in [-0.2, -0.15) is 5.26 Å². The fraction of sp³-hybridized carbons (Fsp3) is 0. The number of nitrogens with zero attached hydrogens (tertiary/aromatic N) is 3. The fourth-order valence-corrected chi connectivity index (χ4v) is 3.14. The number of hydrogen-bond acceptors (Lipinski definition) is 8. The van der Waals surface area contributed by atoms with Gasteiger partial charge in [0.15, 0.2) is 5.13 Å². The molecule has 0 aliphatic rings. The Kier molecular flexibility index (Phi) is 4.59. The lowest BCUT2D eigenvalue weighted by Gasteiger charge is -2.02. The third-order valence-corrected chi connectivity index (χ3v) is 4.43. The summed E-state index contributed by atoms with van der Waals surface area (Å²) in [7, 11) is 0. The minimum absolute atomic E-state index is 0.0166. The Morgan fingerprint density at radius 1 is 1.27 bits per heavy atom. The van der Waals surface area contributed by atoms with Crippen LogP contribution in [0.2, 0.25) is 0 Å². The van der Waals surface area contributed by atoms with Crippen molar-refractivity contribution in [1.29, 1.82) is 5.26 Å². The Bertz CT molecular complexity index is 1050. The van der Waals surface area contributed by atoms with Gasteiger partial charge < -0.3 is 11.1 Å². The summed E-state index contributed by atoms with van der Waals surface area (Å²) in [6, 6.07) is 14.4. The maximum atomic E-state index is 12.7. The van der Waals surface area contributed by atoms with Crippen molar-refractivity contribution in [3.8, 4) is 6.07 Å². The number of nitriles is 1. The van der Waals surface area contributed by atoms with Crippen molar-refractivity contribution in [2.45, 2.75) is 0 Å². The third-order valence-electron chi connectivity index (χ3n) is 3.45. The van der Waals surface area contributed by atoms with Gasteiger partial charge in [-0.15, -0.1) is 0 Å². The topological polar surface area (TPSA) is 135 Å². The molecule has 1 heterocycles. The number of hydrogen-bond donors (Lipinski definition) is 2. The van der Waals surface area contributed by atoms with Crippen molar-refractivity contribution >= 4 is 39.4 Å². The summed E-state index contributed by atoms with van der Waals surface area (Å²) in [6.07, 6.45) is 0. The van der Waals surface area contributed by atoms with Gasteiger partial charge in [-0.1, -0.05) is 29.5 Å². The summed E-state index contributed by atoms with van der Waals surface area (Å²) in [5, 5.41) is 23.4. The average molecular weight is 365 g/mol. The number of anilines is 3. The molecule has 0 atom stereocenters. The molecular weight excluding hydrogens is 354 g/mol. The molecule has 0 aliphatic heterocycles. The fourth-order valence-electron chi connectivity index (χ4n) is 2.29. The van der Waals surface area contributed by atoms with Gasteiger partial charge in [0.2, 0.25) is 5.78 Å². The number of nitrogens with one attached hydrogen (secondary N) is 1. The first-order valence-corrected chi connectivity index (χ1v) is 8.13. The number of nitrogens with two attached hydrogens (primary N) is 1. The molecule has 1 aromatic heterocycles. The van der Waals surface area contributed by atoms with Crippen molar-refractivity contribution in [3.05, 3.63) is 74.6 Å². The van der Waals surface area contributed by atoms with Gasteiger partial charge in [0.05, 0.1) is 16.6 Å². The van der Waals surface area contributed by atoms with Crippen molar-refractivity contribution in [2.75, 3.05) is 11.1 Å². The predicted octanol–water partition coefficient (Wildman–Crippen LogP) is 3.48. The summed E-state index contributed by atoms with van der Waals surface area (Å²) < 4.78 is 0. The monoisotopic (exact) mass is 365 g/mol. The first-order valence-electron chi connectivity index (χ1n) is 7.31. The highest BCUT2D eigenvalue weighted by molar-refractivity contribution is 7.18. The molecule has 0 saturated heterocycles. The second-order valence-corrected chi connectivity index (χ2v) is 6.15. The first kappa shape index (κ1) is 17.1. The van der Waals surface area contributed by atoms with Crippen LogP contribution < -0.4 is 11.1 Å². The largest absolute Gasteiger partial charge is 0.382 e. The number of rotatable bonds is 5. The zero-order valence-electron chi connectivity index (χ0n) is 13.2. The molecule has 3 aromatic rings. The Hall–Kier alpha value is -3.77. The van der Waals surface area contributed by atoms with Crippen molar-refractivity contribution in [1.82, 2.24) is 4.98 Å². The lowest BCUT2D eigenvalue weighted by molar-refractivity contribution is -0.385. The van der Waals surface area contributed by atoms with E-state index in [2.05, 4.69) is 10.3 Å². The second kappa shape index (κ2) is 7.00. The van der Waals surface area contributed by atoms with Gasteiger partial charge >= 0.3 is 0 Å². The van der Waals surface area contributed by atoms with Crippen molar-refractivity contribution in [2.24, 2.45) is 0 Å². The molecule has 0 fully saturated rings. The molecular formula is C17H11N5O3S. The van der Waals surface area contributed by atoms with Gasteiger partial charge in [0.1, 0.15) is 16.3 Å². The molecule has 8 nitrogen and oxygen atoms in total. The van der Waals surface area contributed by atoms with Crippen LogP contribution >= 0.6 is 11.3 Å². The van der Waals surface area contributed by atoms with Gasteiger partial charge in [-0.3, -0.25) is 14.9 Å². The number of nitro groups is 1. The quantitative estimate of drug-likeness (QED) is 0.401. The van der Waals surface area contributed by atoms with E-state index in [1.807, 2.05) is 6.07 Å². The zero-order chi connectivity index (χ0) is 18.7. The molecule has 0 radical (unpaired) electrons. The van der Waals surface area contributed by atoms with Crippen LogP contribution in [0.25, 0.3) is 0 Å². The number of carbonyl (C=O) groups is 1. The zero-order valence-corrected chi connectivity index (χ0v) is 14.0. The van der Waals surface area contributed by atoms with Crippen LogP contribution in [0.5, 0.6) is 0 Å². The summed E-state index contributed by atoms with van der Waals surface area (Å²) in [6.45, 7) is 0. The first-order chi connectivity index (χ1) is 12.5. The molecule has 26 heavy (non-hydrogen) atoms. The summed E-state index contributed by atoms with van der Waals surface area (Å²) in [4.78, 5) is 27.4. The number of nitro benzene ring substituents is 1. The second-order valence-electron chi connectivity index (χ2n) is 5.15. The summed E-state index contributed by atoms with van der Waals surface area (Å²) in [5.74, 6) is -0.580. The number of aromatic nitrogens is 1. The van der Waals surface area contributed by atoms with Crippen LogP contribution in [-0.2, 0) is 0 Å². The highest BCUT2D eigenvalue weighted by atomic mass is 32.1. The smallest absolute Gasteiger partial charge is 0.280 e. The van der Waals surface area contributed by atoms with Gasteiger partial charge in [0.25, 0.3) is 5.69 Å². The summed E-state index contributed by atoms with van der Waals surface area (Å²) in [5.41, 5.74) is 6.57. The van der Waals surface area contributed by atoms with E-state index in [0.29, 0.717) is 16.4 Å². The molecule has 0 saturated carbocycles. The van der Waals surface area contributed by atoms with Crippen LogP contribution in [0.3, 0.4) is 0 Å². The molecule has 0 aliphatic carbocycles. The molecule has 3 rings (SSSR count). The third kappa shape index (κ3) is 3.35. The van der Waals surface area contributed by atoms with Gasteiger partial charge in [0, 0.05) is 11.8 Å². The molecule has 0 spiro atoms. The van der Waals surface area contributed by atoms with E-state index in [0.717, 1.165) is 11.3 Å². The summed E-state index contributed by atoms with van der Waals surface area (Å²) >= 11 is 0.989. The molecule has 2 aromatic carbocycles. The highest BCUT2D eigenvalue weighted by Gasteiger charge is 2.25. The molecule has 0 unspecified atom stereocenters. The maximum absolute atomic E-state index is 12.7. The maximum Gasteiger partial charge on any atom is 0.280 e. The minimum Gasteiger partial charge on any atom is -0.382 e. The van der Waals surface area contributed by atoms with Crippen LogP contribution in [0, 0.1) is 21.4 Å². The number of thiazole rings is 1. The lowest BCUT2D eigenvalue weighted by atomic mass is 10.1. The van der Waals surface area contributed by atoms with Gasteiger partial charge in [-0.25, -0.2) is 4.98 Å². The number of carbonyl (C=O) groups excluding carboxylic acids is 1. The van der Waals surface area contributed by atoms with E-state index >= 15 is 0 Å². The molecule has 3 N–H and O–H groups in total. The van der Waals surface area contributed by atoms with Crippen LogP contribution in [-0.4, -0.2) is 15.7 Å². The van der Waals surface area contributed by atoms with E-state index in [9.17, 15) is 14.9 Å². The van der Waals surface area contributed by atoms with E-state index in [4.69, 9.17) is 11.0 Å². The minimum atomic E-state index is -0.614. The standard InChI is InChI=1S/C17H11N5O3S/c18-9-10-4-3-5-11(8-10)20-17-21-16(19)15(26-17)14(23)12-6-1-2-7-13(12)22(24)25/h1-8H,19H2,(H,20,21). The van der Waals surface area contributed by atoms with E-state index in [1.54, 1.807) is 30.3 Å². The number of ketones is 1.